The van der Waals surface area contributed by atoms with Crippen molar-refractivity contribution in [2.45, 2.75) is 32.6 Å². The zero-order chi connectivity index (χ0) is 14.1. The minimum absolute atomic E-state index is 0.109. The highest BCUT2D eigenvalue weighted by molar-refractivity contribution is 7.11. The lowest BCUT2D eigenvalue weighted by Crippen LogP contribution is -2.39. The number of aromatic amines is 1. The van der Waals surface area contributed by atoms with E-state index in [1.165, 1.54) is 11.3 Å². The fourth-order valence-electron chi connectivity index (χ4n) is 2.68. The first-order valence-corrected chi connectivity index (χ1v) is 7.74. The number of aryl methyl sites for hydroxylation is 2. The average molecular weight is 290 g/mol. The number of likely N-dealkylation sites (tertiary alicyclic amines) is 1. The van der Waals surface area contributed by atoms with Crippen molar-refractivity contribution in [3.8, 4) is 0 Å². The van der Waals surface area contributed by atoms with E-state index in [0.29, 0.717) is 5.92 Å². The molecule has 5 nitrogen and oxygen atoms in total. The van der Waals surface area contributed by atoms with Crippen LogP contribution in [0.1, 0.15) is 45.6 Å². The number of hydrogen-bond acceptors (Lipinski definition) is 4. The van der Waals surface area contributed by atoms with Crippen molar-refractivity contribution in [1.82, 2.24) is 19.9 Å². The fourth-order valence-corrected chi connectivity index (χ4v) is 3.45. The smallest absolute Gasteiger partial charge is 0.265 e. The molecule has 1 N–H and O–H groups in total. The monoisotopic (exact) mass is 290 g/mol. The predicted octanol–water partition coefficient (Wildman–Crippen LogP) is 2.50. The van der Waals surface area contributed by atoms with E-state index in [0.717, 1.165) is 48.0 Å². The number of carbonyl (C=O) groups excluding carboxylic acids is 1. The summed E-state index contributed by atoms with van der Waals surface area (Å²) in [4.78, 5) is 27.1. The number of nitrogens with one attached hydrogen (secondary N) is 1. The Morgan fingerprint density at radius 1 is 1.45 bits per heavy atom. The van der Waals surface area contributed by atoms with E-state index >= 15 is 0 Å². The van der Waals surface area contributed by atoms with Crippen LogP contribution in [-0.2, 0) is 0 Å². The third kappa shape index (κ3) is 2.47. The maximum atomic E-state index is 12.5. The maximum Gasteiger partial charge on any atom is 0.265 e. The van der Waals surface area contributed by atoms with Gasteiger partial charge in [0.05, 0.1) is 11.2 Å². The van der Waals surface area contributed by atoms with Crippen LogP contribution in [0, 0.1) is 13.8 Å². The first-order valence-electron chi connectivity index (χ1n) is 6.86. The lowest BCUT2D eigenvalue weighted by Gasteiger charge is -2.31. The van der Waals surface area contributed by atoms with Gasteiger partial charge in [0.15, 0.2) is 0 Å². The summed E-state index contributed by atoms with van der Waals surface area (Å²) in [5.74, 6) is 1.42. The Labute approximate surface area is 122 Å². The number of aromatic nitrogens is 3. The molecule has 0 aliphatic carbocycles. The molecule has 1 fully saturated rings. The Morgan fingerprint density at radius 2 is 2.30 bits per heavy atom. The largest absolute Gasteiger partial charge is 0.346 e. The summed E-state index contributed by atoms with van der Waals surface area (Å²) in [5, 5.41) is 0. The molecule has 0 bridgehead atoms. The molecule has 106 valence electrons. The highest BCUT2D eigenvalue weighted by Gasteiger charge is 2.28. The lowest BCUT2D eigenvalue weighted by molar-refractivity contribution is 0.0709. The molecule has 0 spiro atoms. The summed E-state index contributed by atoms with van der Waals surface area (Å²) < 4.78 is 0. The number of piperidine rings is 1. The Bertz CT molecular complexity index is 618. The maximum absolute atomic E-state index is 12.5. The van der Waals surface area contributed by atoms with Crippen LogP contribution in [-0.4, -0.2) is 38.8 Å². The van der Waals surface area contributed by atoms with E-state index < -0.39 is 0 Å². The molecule has 2 aromatic heterocycles. The fraction of sp³-hybridized carbons (Fsp3) is 0.500. The van der Waals surface area contributed by atoms with Crippen LogP contribution >= 0.6 is 11.3 Å². The summed E-state index contributed by atoms with van der Waals surface area (Å²) in [6.45, 7) is 5.46. The molecule has 1 saturated heterocycles. The van der Waals surface area contributed by atoms with Crippen molar-refractivity contribution in [2.75, 3.05) is 13.1 Å². The highest BCUT2D eigenvalue weighted by atomic mass is 32.1. The van der Waals surface area contributed by atoms with Crippen LogP contribution < -0.4 is 0 Å². The van der Waals surface area contributed by atoms with Crippen molar-refractivity contribution in [3.05, 3.63) is 33.8 Å². The Morgan fingerprint density at radius 3 is 2.95 bits per heavy atom. The molecule has 1 aliphatic heterocycles. The first kappa shape index (κ1) is 13.3. The van der Waals surface area contributed by atoms with Gasteiger partial charge in [0, 0.05) is 30.9 Å². The molecule has 3 heterocycles. The van der Waals surface area contributed by atoms with Gasteiger partial charge >= 0.3 is 0 Å². The molecule has 20 heavy (non-hydrogen) atoms. The molecule has 1 amide bonds. The first-order chi connectivity index (χ1) is 9.65. The van der Waals surface area contributed by atoms with Crippen molar-refractivity contribution < 1.29 is 4.79 Å². The van der Waals surface area contributed by atoms with Gasteiger partial charge in [-0.25, -0.2) is 9.97 Å². The molecular weight excluding hydrogens is 272 g/mol. The van der Waals surface area contributed by atoms with Crippen LogP contribution in [0.15, 0.2) is 11.7 Å². The van der Waals surface area contributed by atoms with E-state index in [4.69, 9.17) is 0 Å². The van der Waals surface area contributed by atoms with Gasteiger partial charge in [-0.3, -0.25) is 4.79 Å². The number of amides is 1. The Hall–Kier alpha value is -1.69. The zero-order valence-electron chi connectivity index (χ0n) is 11.7. The molecule has 1 aliphatic rings. The van der Waals surface area contributed by atoms with Gasteiger partial charge in [0.1, 0.15) is 10.7 Å². The molecule has 0 saturated carbocycles. The van der Waals surface area contributed by atoms with E-state index in [1.807, 2.05) is 24.9 Å². The summed E-state index contributed by atoms with van der Waals surface area (Å²) in [7, 11) is 0. The van der Waals surface area contributed by atoms with Crippen LogP contribution in [0.5, 0.6) is 0 Å². The minimum atomic E-state index is 0.109. The average Bonchev–Trinajstić information content (AvgIpc) is 3.07. The minimum Gasteiger partial charge on any atom is -0.346 e. The molecule has 2 aromatic rings. The van der Waals surface area contributed by atoms with Gasteiger partial charge in [-0.2, -0.15) is 0 Å². The molecule has 0 aromatic carbocycles. The van der Waals surface area contributed by atoms with Crippen molar-refractivity contribution in [2.24, 2.45) is 0 Å². The second kappa shape index (κ2) is 5.36. The molecule has 6 heteroatoms. The molecule has 1 atom stereocenters. The number of rotatable bonds is 2. The second-order valence-electron chi connectivity index (χ2n) is 5.31. The highest BCUT2D eigenvalue weighted by Crippen LogP contribution is 2.27. The molecule has 0 radical (unpaired) electrons. The molecule has 0 unspecified atom stereocenters. The second-order valence-corrected chi connectivity index (χ2v) is 6.16. The van der Waals surface area contributed by atoms with Crippen LogP contribution in [0.25, 0.3) is 0 Å². The lowest BCUT2D eigenvalue weighted by atomic mass is 9.97. The van der Waals surface area contributed by atoms with Gasteiger partial charge in [-0.1, -0.05) is 0 Å². The summed E-state index contributed by atoms with van der Waals surface area (Å²) in [5.41, 5.74) is 3.64. The van der Waals surface area contributed by atoms with Gasteiger partial charge < -0.3 is 9.88 Å². The number of H-pyrrole nitrogens is 1. The number of hydrogen-bond donors (Lipinski definition) is 1. The van der Waals surface area contributed by atoms with Gasteiger partial charge in [0.25, 0.3) is 5.91 Å². The van der Waals surface area contributed by atoms with E-state index in [-0.39, 0.29) is 5.91 Å². The van der Waals surface area contributed by atoms with E-state index in [9.17, 15) is 4.79 Å². The van der Waals surface area contributed by atoms with E-state index in [2.05, 4.69) is 15.0 Å². The van der Waals surface area contributed by atoms with Crippen LogP contribution in [0.3, 0.4) is 0 Å². The topological polar surface area (TPSA) is 61.9 Å². The van der Waals surface area contributed by atoms with E-state index in [1.54, 1.807) is 5.51 Å². The van der Waals surface area contributed by atoms with Crippen LogP contribution in [0.4, 0.5) is 0 Å². The Kier molecular flexibility index (Phi) is 3.56. The predicted molar refractivity (Wildman–Crippen MR) is 78.1 cm³/mol. The zero-order valence-corrected chi connectivity index (χ0v) is 12.5. The number of carbonyl (C=O) groups is 1. The number of nitrogens with zero attached hydrogens (tertiary/aromatic N) is 3. The van der Waals surface area contributed by atoms with Gasteiger partial charge in [-0.05, 0) is 26.7 Å². The normalized spacial score (nSPS) is 19.3. The van der Waals surface area contributed by atoms with Crippen molar-refractivity contribution in [3.63, 3.8) is 0 Å². The number of thiazole rings is 1. The third-order valence-corrected chi connectivity index (χ3v) is 4.67. The summed E-state index contributed by atoms with van der Waals surface area (Å²) >= 11 is 1.43. The van der Waals surface area contributed by atoms with Crippen LogP contribution in [0.2, 0.25) is 0 Å². The Balaban J connectivity index is 1.75. The summed E-state index contributed by atoms with van der Waals surface area (Å²) in [6, 6.07) is 0. The SMILES string of the molecule is Cc1cnc([C@@H]2CCCN(C(=O)c3scnc3C)C2)[nH]1. The molecular formula is C14H18N4OS. The third-order valence-electron chi connectivity index (χ3n) is 3.76. The van der Waals surface area contributed by atoms with Crippen molar-refractivity contribution >= 4 is 17.2 Å². The standard InChI is InChI=1S/C14H18N4OS/c1-9-6-15-13(17-9)11-4-3-5-18(7-11)14(19)12-10(2)16-8-20-12/h6,8,11H,3-5,7H2,1-2H3,(H,15,17)/t11-/m1/s1. The quantitative estimate of drug-likeness (QED) is 0.924. The van der Waals surface area contributed by atoms with Gasteiger partial charge in [-0.15, -0.1) is 11.3 Å². The molecule has 3 rings (SSSR count). The van der Waals surface area contributed by atoms with Crippen molar-refractivity contribution in [1.29, 1.82) is 0 Å². The number of imidazole rings is 1. The summed E-state index contributed by atoms with van der Waals surface area (Å²) in [6.07, 6.45) is 3.95. The van der Waals surface area contributed by atoms with Gasteiger partial charge in [0.2, 0.25) is 0 Å².